The molecule has 0 bridgehead atoms. The second-order valence-electron chi connectivity index (χ2n) is 4.76. The van der Waals surface area contributed by atoms with Gasteiger partial charge in [0.15, 0.2) is 0 Å². The molecule has 1 aromatic rings. The van der Waals surface area contributed by atoms with Crippen molar-refractivity contribution in [3.05, 3.63) is 0 Å². The number of primary amides is 1. The van der Waals surface area contributed by atoms with Crippen LogP contribution in [0.4, 0.5) is 5.95 Å². The molecule has 11 nitrogen and oxygen atoms in total. The molecular formula is C12H22N8O3. The summed E-state index contributed by atoms with van der Waals surface area (Å²) in [4.78, 5) is 23.8. The number of aromatic amines is 1. The Morgan fingerprint density at radius 2 is 2.30 bits per heavy atom. The maximum Gasteiger partial charge on any atom is 0.303 e. The van der Waals surface area contributed by atoms with E-state index in [1.807, 2.05) is 0 Å². The smallest absolute Gasteiger partial charge is 0.303 e. The molecule has 0 spiro atoms. The number of amides is 1. The molecule has 0 saturated heterocycles. The number of tetrazole rings is 1. The lowest BCUT2D eigenvalue weighted by molar-refractivity contribution is -0.141. The monoisotopic (exact) mass is 326 g/mol. The van der Waals surface area contributed by atoms with Crippen LogP contribution in [0.2, 0.25) is 0 Å². The lowest BCUT2D eigenvalue weighted by Gasteiger charge is -2.26. The van der Waals surface area contributed by atoms with Crippen LogP contribution in [-0.2, 0) is 14.3 Å². The molecule has 23 heavy (non-hydrogen) atoms. The van der Waals surface area contributed by atoms with Crippen molar-refractivity contribution in [1.82, 2.24) is 25.9 Å². The molecule has 1 amide bonds. The van der Waals surface area contributed by atoms with Gasteiger partial charge in [0.1, 0.15) is 12.8 Å². The molecule has 0 aliphatic carbocycles. The number of hydrogen-bond acceptors (Lipinski definition) is 9. The van der Waals surface area contributed by atoms with E-state index >= 15 is 0 Å². The highest BCUT2D eigenvalue weighted by Crippen LogP contribution is 2.13. The molecule has 0 unspecified atom stereocenters. The van der Waals surface area contributed by atoms with Gasteiger partial charge < -0.3 is 20.8 Å². The first-order valence-electron chi connectivity index (χ1n) is 7.18. The summed E-state index contributed by atoms with van der Waals surface area (Å²) >= 11 is 0. The van der Waals surface area contributed by atoms with Crippen molar-refractivity contribution >= 4 is 24.0 Å². The Balaban J connectivity index is 2.43. The van der Waals surface area contributed by atoms with E-state index in [-0.39, 0.29) is 25.2 Å². The first-order valence-corrected chi connectivity index (χ1v) is 7.18. The van der Waals surface area contributed by atoms with Crippen LogP contribution in [0.1, 0.15) is 26.2 Å². The summed E-state index contributed by atoms with van der Waals surface area (Å²) in [6.45, 7) is 2.32. The summed E-state index contributed by atoms with van der Waals surface area (Å²) < 4.78 is 4.74. The number of unbranched alkanes of at least 4 members (excludes halogenated alkanes) is 1. The van der Waals surface area contributed by atoms with Crippen LogP contribution < -0.4 is 16.0 Å². The Hall–Kier alpha value is -2.56. The van der Waals surface area contributed by atoms with E-state index < -0.39 is 11.9 Å². The predicted octanol–water partition coefficient (Wildman–Crippen LogP) is -1.21. The summed E-state index contributed by atoms with van der Waals surface area (Å²) in [7, 11) is 0. The second kappa shape index (κ2) is 10.2. The average Bonchev–Trinajstić information content (AvgIpc) is 3.01. The third-order valence-electron chi connectivity index (χ3n) is 3.04. The number of nitrogens with one attached hydrogen (secondary N) is 3. The minimum atomic E-state index is -0.623. The first kappa shape index (κ1) is 18.5. The number of nitrogens with two attached hydrogens (primary N) is 1. The number of ether oxygens (including phenoxy) is 1. The van der Waals surface area contributed by atoms with Gasteiger partial charge in [0.2, 0.25) is 5.91 Å². The maximum absolute atomic E-state index is 11.7. The van der Waals surface area contributed by atoms with Crippen molar-refractivity contribution in [3.8, 4) is 0 Å². The Bertz CT molecular complexity index is 493. The van der Waals surface area contributed by atoms with Gasteiger partial charge in [-0.25, -0.2) is 0 Å². The van der Waals surface area contributed by atoms with Crippen molar-refractivity contribution in [2.24, 2.45) is 5.73 Å². The van der Waals surface area contributed by atoms with Crippen molar-refractivity contribution < 1.29 is 14.3 Å². The second-order valence-corrected chi connectivity index (χ2v) is 4.76. The Labute approximate surface area is 133 Å². The molecule has 11 heteroatoms. The summed E-state index contributed by atoms with van der Waals surface area (Å²) in [5, 5.41) is 23.6. The molecule has 1 aromatic heterocycles. The van der Waals surface area contributed by atoms with E-state index in [0.717, 1.165) is 12.6 Å². The predicted molar refractivity (Wildman–Crippen MR) is 81.8 cm³/mol. The molecule has 0 aliphatic rings. The molecule has 1 heterocycles. The van der Waals surface area contributed by atoms with E-state index in [4.69, 9.17) is 15.9 Å². The summed E-state index contributed by atoms with van der Waals surface area (Å²) in [5.74, 6) is -0.622. The van der Waals surface area contributed by atoms with Gasteiger partial charge in [0.05, 0.1) is 6.54 Å². The average molecular weight is 326 g/mol. The minimum Gasteiger partial charge on any atom is -0.450 e. The van der Waals surface area contributed by atoms with Crippen LogP contribution in [0.5, 0.6) is 0 Å². The zero-order chi connectivity index (χ0) is 17.1. The molecule has 0 radical (unpaired) electrons. The largest absolute Gasteiger partial charge is 0.450 e. The van der Waals surface area contributed by atoms with Crippen LogP contribution in [0, 0.1) is 5.41 Å². The van der Waals surface area contributed by atoms with Gasteiger partial charge in [-0.1, -0.05) is 5.10 Å². The van der Waals surface area contributed by atoms with Crippen LogP contribution in [0.15, 0.2) is 0 Å². The standard InChI is InChI=1S/C12H22N8O3/c1-9(21)23-8-15-6-3-2-4-10(11(14)22)20(7-5-13)12-16-18-19-17-12/h5,10,13,15H,2-4,6-8H2,1H3,(H2,14,22)(H,16,17,18,19)/t10-/m0/s1. The van der Waals surface area contributed by atoms with Crippen LogP contribution in [0.3, 0.4) is 0 Å². The highest BCUT2D eigenvalue weighted by atomic mass is 16.5. The van der Waals surface area contributed by atoms with Crippen molar-refractivity contribution in [1.29, 1.82) is 5.41 Å². The molecular weight excluding hydrogens is 304 g/mol. The van der Waals surface area contributed by atoms with E-state index in [0.29, 0.717) is 19.4 Å². The van der Waals surface area contributed by atoms with E-state index in [1.54, 1.807) is 0 Å². The van der Waals surface area contributed by atoms with Crippen molar-refractivity contribution in [2.75, 3.05) is 24.7 Å². The third-order valence-corrected chi connectivity index (χ3v) is 3.04. The summed E-state index contributed by atoms with van der Waals surface area (Å²) in [6, 6.07) is -0.623. The quantitative estimate of drug-likeness (QED) is 0.161. The van der Waals surface area contributed by atoms with E-state index in [2.05, 4.69) is 25.9 Å². The molecule has 0 aliphatic heterocycles. The lowest BCUT2D eigenvalue weighted by Crippen LogP contribution is -2.46. The van der Waals surface area contributed by atoms with Crippen LogP contribution >= 0.6 is 0 Å². The number of hydrogen-bond donors (Lipinski definition) is 4. The first-order chi connectivity index (χ1) is 11.1. The number of esters is 1. The SMILES string of the molecule is CC(=O)OCNCCCC[C@@H](C(N)=O)N(CC=N)c1nn[nH]n1. The number of carbonyl (C=O) groups excluding carboxylic acids is 2. The number of anilines is 1. The Morgan fingerprint density at radius 1 is 1.52 bits per heavy atom. The van der Waals surface area contributed by atoms with Gasteiger partial charge in [-0.05, 0) is 31.0 Å². The summed E-state index contributed by atoms with van der Waals surface area (Å²) in [5.41, 5.74) is 5.45. The number of H-pyrrole nitrogens is 1. The fraction of sp³-hybridized carbons (Fsp3) is 0.667. The zero-order valence-corrected chi connectivity index (χ0v) is 13.0. The normalized spacial score (nSPS) is 11.7. The molecule has 0 aromatic carbocycles. The number of aromatic nitrogens is 4. The van der Waals surface area contributed by atoms with Gasteiger partial charge >= 0.3 is 5.97 Å². The third kappa shape index (κ3) is 6.82. The highest BCUT2D eigenvalue weighted by molar-refractivity contribution is 5.84. The van der Waals surface area contributed by atoms with Crippen LogP contribution in [-0.4, -0.2) is 64.6 Å². The highest BCUT2D eigenvalue weighted by Gasteiger charge is 2.25. The van der Waals surface area contributed by atoms with Gasteiger partial charge in [-0.3, -0.25) is 14.9 Å². The van der Waals surface area contributed by atoms with Crippen molar-refractivity contribution in [3.63, 3.8) is 0 Å². The van der Waals surface area contributed by atoms with Gasteiger partial charge in [0.25, 0.3) is 5.95 Å². The Morgan fingerprint density at radius 3 is 2.87 bits per heavy atom. The molecule has 5 N–H and O–H groups in total. The molecule has 1 rings (SSSR count). The van der Waals surface area contributed by atoms with Gasteiger partial charge in [-0.2, -0.15) is 5.21 Å². The fourth-order valence-electron chi connectivity index (χ4n) is 1.99. The van der Waals surface area contributed by atoms with E-state index in [9.17, 15) is 9.59 Å². The fourth-order valence-corrected chi connectivity index (χ4v) is 1.99. The molecule has 128 valence electrons. The number of rotatable bonds is 12. The topological polar surface area (TPSA) is 163 Å². The van der Waals surface area contributed by atoms with Crippen LogP contribution in [0.25, 0.3) is 0 Å². The number of nitrogens with zero attached hydrogens (tertiary/aromatic N) is 4. The minimum absolute atomic E-state index is 0.164. The van der Waals surface area contributed by atoms with Gasteiger partial charge in [-0.15, -0.1) is 5.10 Å². The molecule has 1 atom stereocenters. The zero-order valence-electron chi connectivity index (χ0n) is 13.0. The van der Waals surface area contributed by atoms with E-state index in [1.165, 1.54) is 11.8 Å². The lowest BCUT2D eigenvalue weighted by atomic mass is 10.1. The maximum atomic E-state index is 11.7. The number of carbonyl (C=O) groups is 2. The Kier molecular flexibility index (Phi) is 8.21. The summed E-state index contributed by atoms with van der Waals surface area (Å²) in [6.07, 6.45) is 3.13. The van der Waals surface area contributed by atoms with Crippen molar-refractivity contribution in [2.45, 2.75) is 32.2 Å². The van der Waals surface area contributed by atoms with Gasteiger partial charge in [0, 0.05) is 13.1 Å². The molecule has 0 saturated carbocycles. The molecule has 0 fully saturated rings.